The van der Waals surface area contributed by atoms with E-state index in [-0.39, 0.29) is 12.2 Å². The fourth-order valence-electron chi connectivity index (χ4n) is 5.68. The molecular weight excluding hydrogens is 524 g/mol. The number of carboxylic acid groups (broad SMARTS) is 1. The number of hydrogen-bond acceptors (Lipinski definition) is 5. The predicted octanol–water partition coefficient (Wildman–Crippen LogP) is 7.24. The molecule has 0 heterocycles. The molecule has 1 aliphatic carbocycles. The van der Waals surface area contributed by atoms with Crippen LogP contribution in [0.3, 0.4) is 0 Å². The Kier molecular flexibility index (Phi) is 9.89. The summed E-state index contributed by atoms with van der Waals surface area (Å²) in [5.41, 5.74) is 3.65. The SMILES string of the molecule is O=C(c1ccccc1)c1ccccc1NC(Cc1ccc(OCCCN(c2ccccc2)C2CCCC2)cc1)C(=O)O. The molecule has 1 saturated carbocycles. The third kappa shape index (κ3) is 7.58. The van der Waals surface area contributed by atoms with Crippen molar-refractivity contribution < 1.29 is 19.4 Å². The molecule has 4 aromatic rings. The summed E-state index contributed by atoms with van der Waals surface area (Å²) in [6.45, 7) is 1.56. The van der Waals surface area contributed by atoms with Crippen molar-refractivity contribution in [2.45, 2.75) is 50.6 Å². The third-order valence-corrected chi connectivity index (χ3v) is 7.86. The van der Waals surface area contributed by atoms with Crippen molar-refractivity contribution in [2.75, 3.05) is 23.4 Å². The van der Waals surface area contributed by atoms with Gasteiger partial charge in [0.1, 0.15) is 11.8 Å². The standard InChI is InChI=1S/C36H38N2O4/c39-35(28-12-3-1-4-13-28)32-18-9-10-19-33(32)37-34(36(40)41)26-27-20-22-31(23-21-27)42-25-11-24-38(30-16-7-8-17-30)29-14-5-2-6-15-29/h1-6,9-10,12-15,18-23,30,34,37H,7-8,11,16-17,24-26H2,(H,40,41). The fraction of sp³-hybridized carbons (Fsp3) is 0.278. The molecule has 0 aromatic heterocycles. The van der Waals surface area contributed by atoms with Gasteiger partial charge in [0.25, 0.3) is 0 Å². The summed E-state index contributed by atoms with van der Waals surface area (Å²) in [6.07, 6.45) is 6.27. The molecule has 0 bridgehead atoms. The number of carboxylic acids is 1. The number of ketones is 1. The van der Waals surface area contributed by atoms with Crippen LogP contribution in [0.5, 0.6) is 5.75 Å². The second-order valence-corrected chi connectivity index (χ2v) is 10.8. The summed E-state index contributed by atoms with van der Waals surface area (Å²) < 4.78 is 6.05. The van der Waals surface area contributed by atoms with E-state index in [1.165, 1.54) is 31.4 Å². The van der Waals surface area contributed by atoms with Crippen molar-refractivity contribution in [2.24, 2.45) is 0 Å². The summed E-state index contributed by atoms with van der Waals surface area (Å²) in [5.74, 6) is -0.369. The Morgan fingerprint density at radius 2 is 1.48 bits per heavy atom. The summed E-state index contributed by atoms with van der Waals surface area (Å²) >= 11 is 0. The monoisotopic (exact) mass is 562 g/mol. The highest BCUT2D eigenvalue weighted by Crippen LogP contribution is 2.28. The van der Waals surface area contributed by atoms with Crippen LogP contribution >= 0.6 is 0 Å². The van der Waals surface area contributed by atoms with Gasteiger partial charge < -0.3 is 20.1 Å². The van der Waals surface area contributed by atoms with E-state index in [0.29, 0.717) is 29.5 Å². The van der Waals surface area contributed by atoms with Crippen LogP contribution in [0, 0.1) is 0 Å². The van der Waals surface area contributed by atoms with Gasteiger partial charge in [-0.05, 0) is 61.2 Å². The van der Waals surface area contributed by atoms with Gasteiger partial charge in [0.2, 0.25) is 0 Å². The van der Waals surface area contributed by atoms with Crippen LogP contribution in [-0.4, -0.2) is 42.1 Å². The number of ether oxygens (including phenoxy) is 1. The molecule has 42 heavy (non-hydrogen) atoms. The lowest BCUT2D eigenvalue weighted by Crippen LogP contribution is -2.34. The number of carbonyl (C=O) groups excluding carboxylic acids is 1. The number of carbonyl (C=O) groups is 2. The average molecular weight is 563 g/mol. The lowest BCUT2D eigenvalue weighted by molar-refractivity contribution is -0.137. The Labute approximate surface area is 248 Å². The minimum absolute atomic E-state index is 0.153. The van der Waals surface area contributed by atoms with Crippen molar-refractivity contribution >= 4 is 23.1 Å². The molecule has 2 N–H and O–H groups in total. The largest absolute Gasteiger partial charge is 0.494 e. The third-order valence-electron chi connectivity index (χ3n) is 7.86. The van der Waals surface area contributed by atoms with Gasteiger partial charge in [0.05, 0.1) is 6.61 Å². The van der Waals surface area contributed by atoms with Crippen molar-refractivity contribution in [3.05, 3.63) is 126 Å². The van der Waals surface area contributed by atoms with E-state index in [1.807, 2.05) is 42.5 Å². The number of nitrogens with one attached hydrogen (secondary N) is 1. The van der Waals surface area contributed by atoms with Gasteiger partial charge in [-0.25, -0.2) is 4.79 Å². The molecule has 1 fully saturated rings. The van der Waals surface area contributed by atoms with E-state index < -0.39 is 12.0 Å². The highest BCUT2D eigenvalue weighted by molar-refractivity contribution is 6.12. The lowest BCUT2D eigenvalue weighted by Gasteiger charge is -2.31. The molecule has 0 amide bonds. The maximum atomic E-state index is 13.1. The second kappa shape index (κ2) is 14.4. The zero-order chi connectivity index (χ0) is 29.1. The second-order valence-electron chi connectivity index (χ2n) is 10.8. The highest BCUT2D eigenvalue weighted by Gasteiger charge is 2.23. The molecular formula is C36H38N2O4. The molecule has 5 rings (SSSR count). The van der Waals surface area contributed by atoms with Gasteiger partial charge in [-0.15, -0.1) is 0 Å². The summed E-state index contributed by atoms with van der Waals surface area (Å²) in [6, 6.07) is 34.0. The number of nitrogens with zero attached hydrogens (tertiary/aromatic N) is 1. The van der Waals surface area contributed by atoms with Crippen LogP contribution in [-0.2, 0) is 11.2 Å². The molecule has 0 radical (unpaired) electrons. The zero-order valence-electron chi connectivity index (χ0n) is 23.8. The zero-order valence-corrected chi connectivity index (χ0v) is 23.8. The van der Waals surface area contributed by atoms with Gasteiger partial charge >= 0.3 is 5.97 Å². The van der Waals surface area contributed by atoms with Gasteiger partial charge in [0, 0.05) is 41.5 Å². The van der Waals surface area contributed by atoms with Crippen LogP contribution in [0.25, 0.3) is 0 Å². The normalized spacial score (nSPS) is 13.8. The van der Waals surface area contributed by atoms with E-state index in [9.17, 15) is 14.7 Å². The quantitative estimate of drug-likeness (QED) is 0.125. The molecule has 1 unspecified atom stereocenters. The molecule has 0 saturated heterocycles. The molecule has 1 aliphatic rings. The Hall–Kier alpha value is -4.58. The average Bonchev–Trinajstić information content (AvgIpc) is 3.57. The van der Waals surface area contributed by atoms with E-state index in [0.717, 1.165) is 24.3 Å². The minimum atomic E-state index is -0.984. The number of rotatable bonds is 14. The lowest BCUT2D eigenvalue weighted by atomic mass is 10.00. The molecule has 0 aliphatic heterocycles. The molecule has 6 nitrogen and oxygen atoms in total. The molecule has 1 atom stereocenters. The topological polar surface area (TPSA) is 78.9 Å². The Bertz CT molecular complexity index is 1430. The van der Waals surface area contributed by atoms with Crippen LogP contribution in [0.1, 0.15) is 53.6 Å². The maximum Gasteiger partial charge on any atom is 0.326 e. The number of aliphatic carboxylic acids is 1. The van der Waals surface area contributed by atoms with E-state index in [2.05, 4.69) is 40.5 Å². The van der Waals surface area contributed by atoms with Gasteiger partial charge in [-0.1, -0.05) is 85.6 Å². The minimum Gasteiger partial charge on any atom is -0.494 e. The summed E-state index contributed by atoms with van der Waals surface area (Å²) in [7, 11) is 0. The smallest absolute Gasteiger partial charge is 0.326 e. The van der Waals surface area contributed by atoms with Gasteiger partial charge in [-0.2, -0.15) is 0 Å². The first kappa shape index (κ1) is 28.9. The molecule has 0 spiro atoms. The van der Waals surface area contributed by atoms with Crippen LogP contribution in [0.15, 0.2) is 109 Å². The fourth-order valence-corrected chi connectivity index (χ4v) is 5.68. The van der Waals surface area contributed by atoms with Gasteiger partial charge in [0.15, 0.2) is 5.78 Å². The van der Waals surface area contributed by atoms with Gasteiger partial charge in [-0.3, -0.25) is 4.79 Å². The Balaban J connectivity index is 1.16. The first-order valence-electron chi connectivity index (χ1n) is 14.8. The Morgan fingerprint density at radius 1 is 0.833 bits per heavy atom. The van der Waals surface area contributed by atoms with Crippen LogP contribution in [0.4, 0.5) is 11.4 Å². The molecule has 216 valence electrons. The van der Waals surface area contributed by atoms with Crippen molar-refractivity contribution in [3.63, 3.8) is 0 Å². The summed E-state index contributed by atoms with van der Waals surface area (Å²) in [4.78, 5) is 27.8. The maximum absolute atomic E-state index is 13.1. The predicted molar refractivity (Wildman–Crippen MR) is 168 cm³/mol. The van der Waals surface area contributed by atoms with E-state index in [1.54, 1.807) is 36.4 Å². The first-order chi connectivity index (χ1) is 20.6. The van der Waals surface area contributed by atoms with Crippen molar-refractivity contribution in [1.82, 2.24) is 0 Å². The summed E-state index contributed by atoms with van der Waals surface area (Å²) in [5, 5.41) is 13.1. The van der Waals surface area contributed by atoms with E-state index in [4.69, 9.17) is 4.74 Å². The first-order valence-corrected chi connectivity index (χ1v) is 14.8. The number of benzene rings is 4. The molecule has 4 aromatic carbocycles. The number of para-hydroxylation sites is 2. The van der Waals surface area contributed by atoms with Crippen LogP contribution in [0.2, 0.25) is 0 Å². The number of anilines is 2. The highest BCUT2D eigenvalue weighted by atomic mass is 16.5. The van der Waals surface area contributed by atoms with Crippen molar-refractivity contribution in [3.8, 4) is 5.75 Å². The van der Waals surface area contributed by atoms with Crippen LogP contribution < -0.4 is 15.0 Å². The number of hydrogen-bond donors (Lipinski definition) is 2. The molecule has 6 heteroatoms. The van der Waals surface area contributed by atoms with E-state index >= 15 is 0 Å². The Morgan fingerprint density at radius 3 is 2.17 bits per heavy atom. The van der Waals surface area contributed by atoms with Crippen molar-refractivity contribution in [1.29, 1.82) is 0 Å².